The molecule has 0 aliphatic carbocycles. The number of hydrogen-bond donors (Lipinski definition) is 3. The Balaban J connectivity index is 1.59. The molecule has 3 aromatic rings. The lowest BCUT2D eigenvalue weighted by atomic mass is 10.1. The van der Waals surface area contributed by atoms with Crippen molar-refractivity contribution < 1.29 is 9.59 Å². The Kier molecular flexibility index (Phi) is 5.45. The minimum Gasteiger partial charge on any atom is -0.322 e. The number of benzene rings is 3. The highest BCUT2D eigenvalue weighted by atomic mass is 16.2. The van der Waals surface area contributed by atoms with Crippen LogP contribution in [0.25, 0.3) is 0 Å². The maximum atomic E-state index is 12.2. The fourth-order valence-corrected chi connectivity index (χ4v) is 2.39. The number of nitrogens with zero attached hydrogens (tertiary/aromatic N) is 1. The largest absolute Gasteiger partial charge is 0.323 e. The summed E-state index contributed by atoms with van der Waals surface area (Å²) in [6.07, 6.45) is 0. The summed E-state index contributed by atoms with van der Waals surface area (Å²) >= 11 is 0. The molecule has 0 spiro atoms. The Hall–Kier alpha value is -4.11. The number of nitrogens with one attached hydrogen (secondary N) is 3. The van der Waals surface area contributed by atoms with Gasteiger partial charge in [0.25, 0.3) is 5.91 Å². The second-order valence-electron chi connectivity index (χ2n) is 5.67. The number of hydrogen-bond acceptors (Lipinski definition) is 3. The molecule has 0 aliphatic heterocycles. The Morgan fingerprint density at radius 3 is 1.93 bits per heavy atom. The third kappa shape index (κ3) is 4.94. The van der Waals surface area contributed by atoms with Crippen molar-refractivity contribution in [2.75, 3.05) is 16.0 Å². The highest BCUT2D eigenvalue weighted by Crippen LogP contribution is 2.16. The van der Waals surface area contributed by atoms with Gasteiger partial charge in [-0.2, -0.15) is 5.26 Å². The lowest BCUT2D eigenvalue weighted by Gasteiger charge is -2.09. The molecule has 0 fully saturated rings. The van der Waals surface area contributed by atoms with Gasteiger partial charge in [0.1, 0.15) is 0 Å². The zero-order valence-electron chi connectivity index (χ0n) is 14.3. The highest BCUT2D eigenvalue weighted by molar-refractivity contribution is 6.04. The normalized spacial score (nSPS) is 9.74. The van der Waals surface area contributed by atoms with Gasteiger partial charge in [-0.05, 0) is 54.6 Å². The predicted octanol–water partition coefficient (Wildman–Crippen LogP) is 4.45. The van der Waals surface area contributed by atoms with Gasteiger partial charge in [-0.3, -0.25) is 4.79 Å². The molecule has 0 saturated carbocycles. The summed E-state index contributed by atoms with van der Waals surface area (Å²) in [4.78, 5) is 24.2. The van der Waals surface area contributed by atoms with Gasteiger partial charge < -0.3 is 16.0 Å². The third-order valence-electron chi connectivity index (χ3n) is 3.69. The molecule has 0 aliphatic rings. The van der Waals surface area contributed by atoms with E-state index in [0.717, 1.165) is 0 Å². The van der Waals surface area contributed by atoms with E-state index in [2.05, 4.69) is 16.0 Å². The van der Waals surface area contributed by atoms with Gasteiger partial charge in [0.2, 0.25) is 0 Å². The van der Waals surface area contributed by atoms with Crippen LogP contribution < -0.4 is 16.0 Å². The Labute approximate surface area is 156 Å². The van der Waals surface area contributed by atoms with Gasteiger partial charge in [0, 0.05) is 22.6 Å². The van der Waals surface area contributed by atoms with Gasteiger partial charge in [-0.15, -0.1) is 0 Å². The summed E-state index contributed by atoms with van der Waals surface area (Å²) in [6, 6.07) is 24.0. The molecule has 6 heteroatoms. The minimum absolute atomic E-state index is 0.311. The van der Waals surface area contributed by atoms with Gasteiger partial charge in [0.15, 0.2) is 0 Å². The Bertz CT molecular complexity index is 993. The molecule has 0 heterocycles. The summed E-state index contributed by atoms with van der Waals surface area (Å²) in [6.45, 7) is 0. The summed E-state index contributed by atoms with van der Waals surface area (Å²) < 4.78 is 0. The van der Waals surface area contributed by atoms with Gasteiger partial charge in [0.05, 0.1) is 11.6 Å². The Morgan fingerprint density at radius 1 is 0.704 bits per heavy atom. The molecule has 0 unspecified atom stereocenters. The molecule has 3 N–H and O–H groups in total. The van der Waals surface area contributed by atoms with E-state index in [0.29, 0.717) is 28.2 Å². The van der Waals surface area contributed by atoms with Crippen LogP contribution in [0.1, 0.15) is 15.9 Å². The van der Waals surface area contributed by atoms with Crippen molar-refractivity contribution >= 4 is 29.0 Å². The van der Waals surface area contributed by atoms with E-state index in [1.54, 1.807) is 54.6 Å². The number of amides is 3. The van der Waals surface area contributed by atoms with Gasteiger partial charge >= 0.3 is 6.03 Å². The van der Waals surface area contributed by atoms with Crippen molar-refractivity contribution in [2.45, 2.75) is 0 Å². The van der Waals surface area contributed by atoms with Crippen molar-refractivity contribution in [3.63, 3.8) is 0 Å². The first kappa shape index (κ1) is 17.7. The summed E-state index contributed by atoms with van der Waals surface area (Å²) in [5, 5.41) is 17.1. The van der Waals surface area contributed by atoms with Crippen LogP contribution in [0, 0.1) is 11.3 Å². The zero-order chi connectivity index (χ0) is 19.1. The fraction of sp³-hybridized carbons (Fsp3) is 0. The van der Waals surface area contributed by atoms with Crippen LogP contribution in [0.2, 0.25) is 0 Å². The number of para-hydroxylation sites is 1. The maximum Gasteiger partial charge on any atom is 0.323 e. The van der Waals surface area contributed by atoms with E-state index < -0.39 is 0 Å². The van der Waals surface area contributed by atoms with Gasteiger partial charge in [-0.25, -0.2) is 4.79 Å². The van der Waals surface area contributed by atoms with Crippen LogP contribution in [0.3, 0.4) is 0 Å². The van der Waals surface area contributed by atoms with Crippen molar-refractivity contribution in [3.05, 3.63) is 90.0 Å². The number of carbonyl (C=O) groups is 2. The molecule has 0 radical (unpaired) electrons. The van der Waals surface area contributed by atoms with E-state index in [9.17, 15) is 9.59 Å². The summed E-state index contributed by atoms with van der Waals surface area (Å²) in [5.41, 5.74) is 2.69. The van der Waals surface area contributed by atoms with Crippen LogP contribution in [-0.2, 0) is 0 Å². The van der Waals surface area contributed by atoms with Crippen molar-refractivity contribution in [2.24, 2.45) is 0 Å². The molecule has 0 saturated heterocycles. The van der Waals surface area contributed by atoms with E-state index in [-0.39, 0.29) is 11.9 Å². The zero-order valence-corrected chi connectivity index (χ0v) is 14.3. The molecule has 3 amide bonds. The smallest absolute Gasteiger partial charge is 0.322 e. The maximum absolute atomic E-state index is 12.2. The molecule has 27 heavy (non-hydrogen) atoms. The molecule has 3 rings (SSSR count). The molecule has 3 aromatic carbocycles. The number of urea groups is 1. The van der Waals surface area contributed by atoms with Gasteiger partial charge in [-0.1, -0.05) is 24.3 Å². The monoisotopic (exact) mass is 356 g/mol. The standard InChI is InChI=1S/C21H16N4O2/c22-14-15-5-4-6-16(13-15)20(26)23-18-9-11-19(12-10-18)25-21(27)24-17-7-2-1-3-8-17/h1-13H,(H,23,26)(H2,24,25,27). The molecule has 132 valence electrons. The van der Waals surface area contributed by atoms with Crippen LogP contribution in [0.15, 0.2) is 78.9 Å². The van der Waals surface area contributed by atoms with Crippen molar-refractivity contribution in [1.82, 2.24) is 0 Å². The quantitative estimate of drug-likeness (QED) is 0.644. The SMILES string of the molecule is N#Cc1cccc(C(=O)Nc2ccc(NC(=O)Nc3ccccc3)cc2)c1. The Morgan fingerprint density at radius 2 is 1.30 bits per heavy atom. The van der Waals surface area contributed by atoms with Crippen LogP contribution in [0.5, 0.6) is 0 Å². The second kappa shape index (κ2) is 8.32. The first-order valence-electron chi connectivity index (χ1n) is 8.19. The summed E-state index contributed by atoms with van der Waals surface area (Å²) in [7, 11) is 0. The molecule has 6 nitrogen and oxygen atoms in total. The third-order valence-corrected chi connectivity index (χ3v) is 3.69. The van der Waals surface area contributed by atoms with Crippen molar-refractivity contribution in [3.8, 4) is 6.07 Å². The first-order valence-corrected chi connectivity index (χ1v) is 8.19. The summed E-state index contributed by atoms with van der Waals surface area (Å²) in [5.74, 6) is -0.311. The molecule has 0 bridgehead atoms. The van der Waals surface area contributed by atoms with Crippen LogP contribution in [-0.4, -0.2) is 11.9 Å². The van der Waals surface area contributed by atoms with Crippen LogP contribution >= 0.6 is 0 Å². The highest BCUT2D eigenvalue weighted by Gasteiger charge is 2.07. The fourth-order valence-electron chi connectivity index (χ4n) is 2.39. The minimum atomic E-state index is -0.355. The van der Waals surface area contributed by atoms with E-state index in [1.165, 1.54) is 6.07 Å². The molecular formula is C21H16N4O2. The predicted molar refractivity (Wildman–Crippen MR) is 105 cm³/mol. The number of rotatable bonds is 4. The molecule has 0 aromatic heterocycles. The van der Waals surface area contributed by atoms with E-state index >= 15 is 0 Å². The second-order valence-corrected chi connectivity index (χ2v) is 5.67. The molecular weight excluding hydrogens is 340 g/mol. The number of carbonyl (C=O) groups excluding carboxylic acids is 2. The van der Waals surface area contributed by atoms with Crippen LogP contribution in [0.4, 0.5) is 21.9 Å². The average Bonchev–Trinajstić information content (AvgIpc) is 2.70. The number of nitriles is 1. The van der Waals surface area contributed by atoms with E-state index in [4.69, 9.17) is 5.26 Å². The molecule has 0 atom stereocenters. The average molecular weight is 356 g/mol. The van der Waals surface area contributed by atoms with E-state index in [1.807, 2.05) is 24.3 Å². The topological polar surface area (TPSA) is 94.0 Å². The lowest BCUT2D eigenvalue weighted by Crippen LogP contribution is -2.19. The number of anilines is 3. The lowest BCUT2D eigenvalue weighted by molar-refractivity contribution is 0.102. The van der Waals surface area contributed by atoms with Crippen molar-refractivity contribution in [1.29, 1.82) is 5.26 Å². The first-order chi connectivity index (χ1) is 13.1.